The van der Waals surface area contributed by atoms with Gasteiger partial charge >= 0.3 is 6.09 Å². The molecule has 1 aliphatic heterocycles. The molecule has 23 heavy (non-hydrogen) atoms. The molecule has 5 nitrogen and oxygen atoms in total. The van der Waals surface area contributed by atoms with Crippen molar-refractivity contribution in [1.82, 2.24) is 14.9 Å². The van der Waals surface area contributed by atoms with Crippen LogP contribution in [0, 0.1) is 6.92 Å². The van der Waals surface area contributed by atoms with Gasteiger partial charge in [-0.25, -0.2) is 14.8 Å². The molecule has 1 atom stereocenters. The molecule has 1 unspecified atom stereocenters. The average Bonchev–Trinajstić information content (AvgIpc) is 2.42. The predicted molar refractivity (Wildman–Crippen MR) is 93.1 cm³/mol. The lowest BCUT2D eigenvalue weighted by atomic mass is 10.0. The summed E-state index contributed by atoms with van der Waals surface area (Å²) in [5.74, 6) is 0.749. The number of carbonyl (C=O) groups is 1. The van der Waals surface area contributed by atoms with Crippen molar-refractivity contribution >= 4 is 29.5 Å². The molecule has 1 aromatic heterocycles. The molecule has 1 saturated heterocycles. The smallest absolute Gasteiger partial charge is 0.410 e. The summed E-state index contributed by atoms with van der Waals surface area (Å²) in [7, 11) is 0. The van der Waals surface area contributed by atoms with Crippen LogP contribution in [0.15, 0.2) is 11.2 Å². The maximum Gasteiger partial charge on any atom is 0.410 e. The van der Waals surface area contributed by atoms with Crippen molar-refractivity contribution in [2.75, 3.05) is 12.3 Å². The van der Waals surface area contributed by atoms with E-state index < -0.39 is 5.60 Å². The number of hydrogen-bond donors (Lipinski definition) is 0. The van der Waals surface area contributed by atoms with Crippen LogP contribution in [0.4, 0.5) is 4.79 Å². The second kappa shape index (κ2) is 7.71. The van der Waals surface area contributed by atoms with Crippen LogP contribution in [-0.2, 0) is 4.74 Å². The van der Waals surface area contributed by atoms with Crippen LogP contribution in [0.1, 0.15) is 45.7 Å². The number of likely N-dealkylation sites (tertiary alicyclic amines) is 1. The van der Waals surface area contributed by atoms with E-state index >= 15 is 0 Å². The Hall–Kier alpha value is -1.01. The molecule has 0 radical (unpaired) electrons. The lowest BCUT2D eigenvalue weighted by Gasteiger charge is -2.36. The molecule has 0 saturated carbocycles. The molecule has 0 spiro atoms. The number of thioether (sulfide) groups is 1. The van der Waals surface area contributed by atoms with E-state index in [0.29, 0.717) is 10.3 Å². The van der Waals surface area contributed by atoms with Crippen LogP contribution in [0.3, 0.4) is 0 Å². The van der Waals surface area contributed by atoms with Gasteiger partial charge in [0.2, 0.25) is 0 Å². The van der Waals surface area contributed by atoms with Crippen molar-refractivity contribution < 1.29 is 9.53 Å². The van der Waals surface area contributed by atoms with Gasteiger partial charge in [-0.1, -0.05) is 23.4 Å². The zero-order valence-electron chi connectivity index (χ0n) is 14.1. The molecular weight excluding hydrogens is 334 g/mol. The summed E-state index contributed by atoms with van der Waals surface area (Å²) in [5.41, 5.74) is 0.375. The Morgan fingerprint density at radius 1 is 1.43 bits per heavy atom. The number of piperidine rings is 1. The quantitative estimate of drug-likeness (QED) is 0.458. The van der Waals surface area contributed by atoms with Crippen molar-refractivity contribution in [2.45, 2.75) is 63.8 Å². The number of ether oxygens (including phenoxy) is 1. The zero-order chi connectivity index (χ0) is 17.0. The monoisotopic (exact) mass is 357 g/mol. The Morgan fingerprint density at radius 2 is 2.17 bits per heavy atom. The molecule has 1 fully saturated rings. The normalized spacial score (nSPS) is 18.8. The summed E-state index contributed by atoms with van der Waals surface area (Å²) in [6, 6.07) is 1.88. The standard InChI is InChI=1S/C16H24ClN3O2S/c1-11-9-13(17)19-14(18-11)23-10-12-7-5-6-8-20(12)15(21)22-16(2,3)4/h9,12H,5-8,10H2,1-4H3. The number of rotatable bonds is 3. The molecule has 128 valence electrons. The fourth-order valence-corrected chi connectivity index (χ4v) is 3.82. The van der Waals surface area contributed by atoms with E-state index in [1.54, 1.807) is 6.07 Å². The number of aromatic nitrogens is 2. The molecule has 7 heteroatoms. The molecule has 2 heterocycles. The van der Waals surface area contributed by atoms with Gasteiger partial charge in [0.05, 0.1) is 0 Å². The highest BCUT2D eigenvalue weighted by Crippen LogP contribution is 2.26. The van der Waals surface area contributed by atoms with Crippen LogP contribution in [0.5, 0.6) is 0 Å². The highest BCUT2D eigenvalue weighted by Gasteiger charge is 2.30. The topological polar surface area (TPSA) is 55.3 Å². The van der Waals surface area contributed by atoms with E-state index in [1.165, 1.54) is 11.8 Å². The fraction of sp³-hybridized carbons (Fsp3) is 0.688. The Morgan fingerprint density at radius 3 is 2.83 bits per heavy atom. The van der Waals surface area contributed by atoms with Gasteiger partial charge in [-0.05, 0) is 53.0 Å². The van der Waals surface area contributed by atoms with E-state index in [4.69, 9.17) is 16.3 Å². The number of carbonyl (C=O) groups excluding carboxylic acids is 1. The van der Waals surface area contributed by atoms with Crippen molar-refractivity contribution in [2.24, 2.45) is 0 Å². The third kappa shape index (κ3) is 5.84. The molecular formula is C16H24ClN3O2S. The second-order valence-corrected chi connectivity index (χ2v) is 8.12. The van der Waals surface area contributed by atoms with Crippen molar-refractivity contribution in [3.63, 3.8) is 0 Å². The lowest BCUT2D eigenvalue weighted by Crippen LogP contribution is -2.47. The minimum atomic E-state index is -0.473. The maximum absolute atomic E-state index is 12.4. The molecule has 0 aromatic carbocycles. The number of halogens is 1. The van der Waals surface area contributed by atoms with Gasteiger partial charge in [-0.3, -0.25) is 0 Å². The maximum atomic E-state index is 12.4. The van der Waals surface area contributed by atoms with Crippen molar-refractivity contribution in [3.8, 4) is 0 Å². The van der Waals surface area contributed by atoms with Gasteiger partial charge in [-0.2, -0.15) is 0 Å². The SMILES string of the molecule is Cc1cc(Cl)nc(SCC2CCCCN2C(=O)OC(C)(C)C)n1. The van der Waals surface area contributed by atoms with Crippen LogP contribution >= 0.6 is 23.4 Å². The summed E-state index contributed by atoms with van der Waals surface area (Å²) in [5, 5.41) is 1.11. The first-order chi connectivity index (χ1) is 10.7. The number of nitrogens with zero attached hydrogens (tertiary/aromatic N) is 3. The highest BCUT2D eigenvalue weighted by atomic mass is 35.5. The zero-order valence-corrected chi connectivity index (χ0v) is 15.7. The molecule has 0 bridgehead atoms. The van der Waals surface area contributed by atoms with E-state index in [-0.39, 0.29) is 12.1 Å². The van der Waals surface area contributed by atoms with Crippen LogP contribution in [0.25, 0.3) is 0 Å². The minimum Gasteiger partial charge on any atom is -0.444 e. The lowest BCUT2D eigenvalue weighted by molar-refractivity contribution is 0.0125. The van der Waals surface area contributed by atoms with Gasteiger partial charge in [0.15, 0.2) is 5.16 Å². The molecule has 1 amide bonds. The number of amides is 1. The third-order valence-corrected chi connectivity index (χ3v) is 4.65. The first-order valence-corrected chi connectivity index (χ1v) is 9.24. The Labute approximate surface area is 147 Å². The number of aryl methyl sites for hydroxylation is 1. The Bertz CT molecular complexity index is 542. The van der Waals surface area contributed by atoms with Gasteiger partial charge in [-0.15, -0.1) is 0 Å². The predicted octanol–water partition coefficient (Wildman–Crippen LogP) is 4.32. The molecule has 0 aliphatic carbocycles. The Balaban J connectivity index is 1.99. The third-order valence-electron chi connectivity index (χ3n) is 3.46. The van der Waals surface area contributed by atoms with Gasteiger partial charge in [0, 0.05) is 24.0 Å². The van der Waals surface area contributed by atoms with E-state index in [0.717, 1.165) is 37.3 Å². The van der Waals surface area contributed by atoms with Crippen LogP contribution in [-0.4, -0.2) is 44.9 Å². The molecule has 2 rings (SSSR count). The highest BCUT2D eigenvalue weighted by molar-refractivity contribution is 7.99. The first kappa shape index (κ1) is 18.3. The average molecular weight is 358 g/mol. The van der Waals surface area contributed by atoms with Crippen molar-refractivity contribution in [3.05, 3.63) is 16.9 Å². The minimum absolute atomic E-state index is 0.145. The second-order valence-electron chi connectivity index (χ2n) is 6.75. The van der Waals surface area contributed by atoms with Crippen molar-refractivity contribution in [1.29, 1.82) is 0 Å². The molecule has 0 N–H and O–H groups in total. The van der Waals surface area contributed by atoms with Gasteiger partial charge in [0.1, 0.15) is 10.8 Å². The summed E-state index contributed by atoms with van der Waals surface area (Å²) < 4.78 is 5.52. The number of hydrogen-bond acceptors (Lipinski definition) is 5. The largest absolute Gasteiger partial charge is 0.444 e. The summed E-state index contributed by atoms with van der Waals surface area (Å²) in [4.78, 5) is 22.8. The van der Waals surface area contributed by atoms with E-state index in [1.807, 2.05) is 32.6 Å². The summed E-state index contributed by atoms with van der Waals surface area (Å²) in [6.07, 6.45) is 2.89. The molecule has 1 aliphatic rings. The summed E-state index contributed by atoms with van der Waals surface area (Å²) >= 11 is 7.51. The van der Waals surface area contributed by atoms with Crippen LogP contribution < -0.4 is 0 Å². The first-order valence-electron chi connectivity index (χ1n) is 7.88. The van der Waals surface area contributed by atoms with E-state index in [2.05, 4.69) is 9.97 Å². The summed E-state index contributed by atoms with van der Waals surface area (Å²) in [6.45, 7) is 8.31. The molecule has 1 aromatic rings. The van der Waals surface area contributed by atoms with E-state index in [9.17, 15) is 4.79 Å². The van der Waals surface area contributed by atoms with Gasteiger partial charge in [0.25, 0.3) is 0 Å². The van der Waals surface area contributed by atoms with Crippen LogP contribution in [0.2, 0.25) is 5.15 Å². The Kier molecular flexibility index (Phi) is 6.14. The van der Waals surface area contributed by atoms with Gasteiger partial charge < -0.3 is 9.64 Å². The fourth-order valence-electron chi connectivity index (χ4n) is 2.47.